The number of halogens is 2. The molecule has 0 saturated carbocycles. The van der Waals surface area contributed by atoms with E-state index >= 15 is 4.39 Å². The normalized spacial score (nSPS) is 16.6. The second-order valence-corrected chi connectivity index (χ2v) is 12.7. The molecule has 1 N–H and O–H groups in total. The van der Waals surface area contributed by atoms with E-state index in [0.717, 1.165) is 17.2 Å². The van der Waals surface area contributed by atoms with Crippen LogP contribution in [0.15, 0.2) is 81.1 Å². The monoisotopic (exact) mass is 562 g/mol. The summed E-state index contributed by atoms with van der Waals surface area (Å²) in [6.45, 7) is 0.0106. The molecule has 3 aromatic carbocycles. The fraction of sp³-hybridized carbons (Fsp3) is 0.160. The summed E-state index contributed by atoms with van der Waals surface area (Å²) in [4.78, 5) is 14.4. The van der Waals surface area contributed by atoms with Crippen molar-refractivity contribution in [2.75, 3.05) is 17.7 Å². The van der Waals surface area contributed by atoms with E-state index in [1.54, 1.807) is 24.3 Å². The van der Waals surface area contributed by atoms with Crippen LogP contribution < -0.4 is 9.62 Å². The molecule has 0 radical (unpaired) electrons. The van der Waals surface area contributed by atoms with Crippen molar-refractivity contribution >= 4 is 54.0 Å². The quantitative estimate of drug-likeness (QED) is 0.373. The van der Waals surface area contributed by atoms with Crippen molar-refractivity contribution in [1.29, 1.82) is 0 Å². The number of furan rings is 1. The summed E-state index contributed by atoms with van der Waals surface area (Å²) in [5.74, 6) is -1.42. The van der Waals surface area contributed by atoms with Crippen LogP contribution in [0.2, 0.25) is 5.02 Å². The molecule has 0 bridgehead atoms. The van der Waals surface area contributed by atoms with Crippen LogP contribution in [0.3, 0.4) is 0 Å². The second-order valence-electron chi connectivity index (χ2n) is 8.60. The molecule has 2 heterocycles. The van der Waals surface area contributed by atoms with Gasteiger partial charge in [-0.1, -0.05) is 41.9 Å². The van der Waals surface area contributed by atoms with Gasteiger partial charge >= 0.3 is 0 Å². The molecule has 192 valence electrons. The van der Waals surface area contributed by atoms with Crippen molar-refractivity contribution in [3.05, 3.63) is 77.6 Å². The molecule has 1 amide bonds. The Morgan fingerprint density at radius 1 is 1.00 bits per heavy atom. The number of amides is 1. The molecule has 1 saturated heterocycles. The third-order valence-corrected chi connectivity index (χ3v) is 8.78. The first kappa shape index (κ1) is 25.4. The van der Waals surface area contributed by atoms with Crippen LogP contribution in [0.4, 0.5) is 10.1 Å². The van der Waals surface area contributed by atoms with Crippen LogP contribution in [-0.4, -0.2) is 41.6 Å². The Hall–Kier alpha value is -3.25. The number of benzene rings is 3. The first-order valence-electron chi connectivity index (χ1n) is 11.1. The van der Waals surface area contributed by atoms with Gasteiger partial charge in [-0.05, 0) is 30.7 Å². The van der Waals surface area contributed by atoms with Crippen molar-refractivity contribution in [2.45, 2.75) is 22.5 Å². The van der Waals surface area contributed by atoms with E-state index in [0.29, 0.717) is 10.4 Å². The van der Waals surface area contributed by atoms with Gasteiger partial charge in [0.2, 0.25) is 11.0 Å². The minimum atomic E-state index is -4.24. The highest BCUT2D eigenvalue weighted by molar-refractivity contribution is 7.90. The summed E-state index contributed by atoms with van der Waals surface area (Å²) < 4.78 is 73.7. The molecule has 8 nitrogen and oxygen atoms in total. The largest absolute Gasteiger partial charge is 0.443 e. The Morgan fingerprint density at radius 2 is 1.73 bits per heavy atom. The van der Waals surface area contributed by atoms with Crippen molar-refractivity contribution in [3.63, 3.8) is 0 Å². The number of hydrogen-bond acceptors (Lipinski definition) is 6. The van der Waals surface area contributed by atoms with E-state index < -0.39 is 37.6 Å². The highest BCUT2D eigenvalue weighted by Gasteiger charge is 2.39. The Balaban J connectivity index is 1.48. The molecule has 1 aromatic heterocycles. The van der Waals surface area contributed by atoms with Crippen molar-refractivity contribution in [3.8, 4) is 11.1 Å². The van der Waals surface area contributed by atoms with Gasteiger partial charge < -0.3 is 9.32 Å². The third-order valence-electron chi connectivity index (χ3n) is 6.06. The van der Waals surface area contributed by atoms with Crippen LogP contribution in [0.25, 0.3) is 22.1 Å². The third kappa shape index (κ3) is 4.75. The van der Waals surface area contributed by atoms with E-state index in [2.05, 4.69) is 4.72 Å². The number of nitrogens with one attached hydrogen (secondary N) is 1. The van der Waals surface area contributed by atoms with Gasteiger partial charge in [0.15, 0.2) is 9.84 Å². The lowest BCUT2D eigenvalue weighted by molar-refractivity contribution is -0.118. The van der Waals surface area contributed by atoms with Crippen LogP contribution in [0.1, 0.15) is 6.42 Å². The van der Waals surface area contributed by atoms with Crippen LogP contribution in [0.5, 0.6) is 0 Å². The fourth-order valence-corrected chi connectivity index (χ4v) is 6.65. The number of fused-ring (bicyclic) bond motifs is 1. The Kier molecular flexibility index (Phi) is 6.35. The van der Waals surface area contributed by atoms with Gasteiger partial charge in [-0.15, -0.1) is 0 Å². The fourth-order valence-electron chi connectivity index (χ4n) is 4.39. The van der Waals surface area contributed by atoms with Crippen molar-refractivity contribution in [2.24, 2.45) is 0 Å². The average Bonchev–Trinajstić information content (AvgIpc) is 3.42. The topological polar surface area (TPSA) is 114 Å². The van der Waals surface area contributed by atoms with Gasteiger partial charge in [0.25, 0.3) is 10.0 Å². The summed E-state index contributed by atoms with van der Waals surface area (Å²) in [5, 5.41) is 0.507. The summed E-state index contributed by atoms with van der Waals surface area (Å²) in [6.07, 6.45) is 1.11. The number of rotatable bonds is 6. The summed E-state index contributed by atoms with van der Waals surface area (Å²) >= 11 is 5.94. The minimum Gasteiger partial charge on any atom is -0.443 e. The molecule has 37 heavy (non-hydrogen) atoms. The smallest absolute Gasteiger partial charge is 0.274 e. The zero-order valence-corrected chi connectivity index (χ0v) is 21.7. The first-order chi connectivity index (χ1) is 17.5. The molecule has 12 heteroatoms. The second kappa shape index (κ2) is 9.25. The molecule has 1 fully saturated rings. The first-order valence-corrected chi connectivity index (χ1v) is 14.8. The predicted octanol–water partition coefficient (Wildman–Crippen LogP) is 4.38. The maximum Gasteiger partial charge on any atom is 0.274 e. The molecular weight excluding hydrogens is 543 g/mol. The number of sulfone groups is 1. The van der Waals surface area contributed by atoms with Gasteiger partial charge in [-0.25, -0.2) is 21.2 Å². The summed E-state index contributed by atoms with van der Waals surface area (Å²) in [5.41, 5.74) is 0.584. The maximum atomic E-state index is 15.2. The number of nitrogens with zero attached hydrogens (tertiary/aromatic N) is 1. The Morgan fingerprint density at radius 3 is 2.49 bits per heavy atom. The van der Waals surface area contributed by atoms with E-state index in [-0.39, 0.29) is 45.4 Å². The zero-order valence-electron chi connectivity index (χ0n) is 19.3. The molecule has 0 spiro atoms. The lowest BCUT2D eigenvalue weighted by Gasteiger charge is -2.22. The number of hydrogen-bond donors (Lipinski definition) is 1. The maximum absolute atomic E-state index is 15.2. The highest BCUT2D eigenvalue weighted by Crippen LogP contribution is 2.38. The van der Waals surface area contributed by atoms with Gasteiger partial charge in [0.1, 0.15) is 17.4 Å². The van der Waals surface area contributed by atoms with Crippen molar-refractivity contribution < 1.29 is 30.4 Å². The summed E-state index contributed by atoms with van der Waals surface area (Å²) in [7, 11) is -7.90. The highest BCUT2D eigenvalue weighted by atomic mass is 35.5. The van der Waals surface area contributed by atoms with E-state index in [1.165, 1.54) is 36.4 Å². The predicted molar refractivity (Wildman–Crippen MR) is 137 cm³/mol. The van der Waals surface area contributed by atoms with E-state index in [1.807, 2.05) is 0 Å². The standard InChI is InChI=1S/C25H20ClFN2O6S2/c1-36(31,32)22-8-3-2-5-17(22)18-6-4-7-19(27)24(18)29-12-11-20(25(29)30)28-37(33,34)23-13-15-9-10-16(26)14-21(15)35-23/h2-10,13-14,20,28H,11-12H2,1H3/t20-/m0/s1. The van der Waals surface area contributed by atoms with Gasteiger partial charge in [-0.2, -0.15) is 4.72 Å². The molecule has 0 unspecified atom stereocenters. The Labute approximate surface area is 217 Å². The van der Waals surface area contributed by atoms with Gasteiger partial charge in [0, 0.05) is 46.5 Å². The van der Waals surface area contributed by atoms with Crippen LogP contribution in [0, 0.1) is 5.82 Å². The zero-order chi connectivity index (χ0) is 26.5. The Bertz CT molecular complexity index is 1770. The van der Waals surface area contributed by atoms with E-state index in [9.17, 15) is 21.6 Å². The average molecular weight is 563 g/mol. The number of carbonyl (C=O) groups is 1. The number of carbonyl (C=O) groups excluding carboxylic acids is 1. The van der Waals surface area contributed by atoms with E-state index in [4.69, 9.17) is 16.0 Å². The molecule has 0 aliphatic carbocycles. The summed E-state index contributed by atoms with van der Waals surface area (Å²) in [6, 6.07) is 15.0. The van der Waals surface area contributed by atoms with Gasteiger partial charge in [0.05, 0.1) is 10.6 Å². The minimum absolute atomic E-state index is 0.0106. The number of sulfonamides is 1. The lowest BCUT2D eigenvalue weighted by Crippen LogP contribution is -2.41. The SMILES string of the molecule is CS(=O)(=O)c1ccccc1-c1cccc(F)c1N1CC[C@H](NS(=O)(=O)c2cc3ccc(Cl)cc3o2)C1=O. The molecule has 1 aliphatic rings. The number of para-hydroxylation sites is 1. The number of anilines is 1. The van der Waals surface area contributed by atoms with Crippen LogP contribution in [-0.2, 0) is 24.7 Å². The molecular formula is C25H20ClFN2O6S2. The molecule has 5 rings (SSSR count). The molecule has 4 aromatic rings. The molecule has 1 aliphatic heterocycles. The van der Waals surface area contributed by atoms with Gasteiger partial charge in [-0.3, -0.25) is 4.79 Å². The van der Waals surface area contributed by atoms with Crippen LogP contribution >= 0.6 is 11.6 Å². The van der Waals surface area contributed by atoms with Crippen molar-refractivity contribution in [1.82, 2.24) is 4.72 Å². The lowest BCUT2D eigenvalue weighted by atomic mass is 10.0. The molecule has 1 atom stereocenters.